The standard InChI is InChI=1S/C14H15N5O3/c1-17(6-2-5-15)12(20)9-19-13(21)10(7-16)8-18(14(19)22)11-3-4-11/h8,11H,2-4,6,9H2,1H3. The molecule has 2 rings (SSSR count). The summed E-state index contributed by atoms with van der Waals surface area (Å²) in [5.74, 6) is -0.452. The number of amides is 1. The van der Waals surface area contributed by atoms with E-state index in [1.54, 1.807) is 6.07 Å². The van der Waals surface area contributed by atoms with Crippen LogP contribution in [-0.2, 0) is 11.3 Å². The molecule has 0 spiro atoms. The minimum absolute atomic E-state index is 0.00197. The largest absolute Gasteiger partial charge is 0.343 e. The maximum absolute atomic E-state index is 12.3. The lowest BCUT2D eigenvalue weighted by molar-refractivity contribution is -0.130. The molecule has 0 bridgehead atoms. The fourth-order valence-corrected chi connectivity index (χ4v) is 2.05. The van der Waals surface area contributed by atoms with E-state index in [2.05, 4.69) is 0 Å². The van der Waals surface area contributed by atoms with E-state index in [1.165, 1.54) is 22.7 Å². The molecule has 0 atom stereocenters. The van der Waals surface area contributed by atoms with Gasteiger partial charge in [0, 0.05) is 25.8 Å². The third kappa shape index (κ3) is 3.07. The van der Waals surface area contributed by atoms with Crippen molar-refractivity contribution in [2.75, 3.05) is 13.6 Å². The van der Waals surface area contributed by atoms with Gasteiger partial charge in [0.2, 0.25) is 5.91 Å². The number of hydrogen-bond donors (Lipinski definition) is 0. The highest BCUT2D eigenvalue weighted by Crippen LogP contribution is 2.33. The topological polar surface area (TPSA) is 112 Å². The lowest BCUT2D eigenvalue weighted by Crippen LogP contribution is -2.44. The predicted molar refractivity (Wildman–Crippen MR) is 75.8 cm³/mol. The zero-order valence-corrected chi connectivity index (χ0v) is 12.2. The number of rotatable bonds is 5. The van der Waals surface area contributed by atoms with Gasteiger partial charge in [-0.15, -0.1) is 0 Å². The van der Waals surface area contributed by atoms with Gasteiger partial charge in [-0.05, 0) is 12.8 Å². The van der Waals surface area contributed by atoms with Crippen LogP contribution in [0.5, 0.6) is 0 Å². The zero-order chi connectivity index (χ0) is 16.3. The second kappa shape index (κ2) is 6.27. The summed E-state index contributed by atoms with van der Waals surface area (Å²) in [6.07, 6.45) is 3.07. The summed E-state index contributed by atoms with van der Waals surface area (Å²) in [4.78, 5) is 37.7. The molecule has 0 N–H and O–H groups in total. The molecule has 114 valence electrons. The predicted octanol–water partition coefficient (Wildman–Crippen LogP) is -0.411. The number of nitrogens with zero attached hydrogens (tertiary/aromatic N) is 5. The van der Waals surface area contributed by atoms with Crippen molar-refractivity contribution in [3.8, 4) is 12.1 Å². The number of nitriles is 2. The Morgan fingerprint density at radius 2 is 2.09 bits per heavy atom. The number of carbonyl (C=O) groups excluding carboxylic acids is 1. The van der Waals surface area contributed by atoms with Gasteiger partial charge >= 0.3 is 5.69 Å². The quantitative estimate of drug-likeness (QED) is 0.733. The minimum atomic E-state index is -0.758. The highest BCUT2D eigenvalue weighted by molar-refractivity contribution is 5.75. The summed E-state index contributed by atoms with van der Waals surface area (Å²) in [6, 6.07) is 3.68. The fraction of sp³-hybridized carbons (Fsp3) is 0.500. The van der Waals surface area contributed by atoms with Gasteiger partial charge in [-0.25, -0.2) is 9.36 Å². The summed E-state index contributed by atoms with van der Waals surface area (Å²) in [5.41, 5.74) is -1.49. The van der Waals surface area contributed by atoms with Crippen LogP contribution in [0, 0.1) is 22.7 Å². The number of aromatic nitrogens is 2. The van der Waals surface area contributed by atoms with Crippen LogP contribution >= 0.6 is 0 Å². The van der Waals surface area contributed by atoms with E-state index in [-0.39, 0.29) is 24.6 Å². The average Bonchev–Trinajstić information content (AvgIpc) is 3.33. The molecule has 22 heavy (non-hydrogen) atoms. The highest BCUT2D eigenvalue weighted by Gasteiger charge is 2.27. The van der Waals surface area contributed by atoms with Gasteiger partial charge in [-0.1, -0.05) is 0 Å². The first kappa shape index (κ1) is 15.5. The molecule has 1 aliphatic carbocycles. The van der Waals surface area contributed by atoms with Gasteiger partial charge in [-0.2, -0.15) is 10.5 Å². The molecule has 1 aromatic rings. The lowest BCUT2D eigenvalue weighted by atomic mass is 10.3. The van der Waals surface area contributed by atoms with E-state index in [4.69, 9.17) is 10.5 Å². The molecular formula is C14H15N5O3. The molecule has 0 aliphatic heterocycles. The Balaban J connectivity index is 2.35. The first-order valence-corrected chi connectivity index (χ1v) is 6.86. The summed E-state index contributed by atoms with van der Waals surface area (Å²) < 4.78 is 2.14. The molecule has 1 amide bonds. The molecule has 1 heterocycles. The number of hydrogen-bond acceptors (Lipinski definition) is 5. The summed E-state index contributed by atoms with van der Waals surface area (Å²) in [6.45, 7) is -0.208. The highest BCUT2D eigenvalue weighted by atomic mass is 16.2. The van der Waals surface area contributed by atoms with Crippen LogP contribution in [0.3, 0.4) is 0 Å². The van der Waals surface area contributed by atoms with Crippen LogP contribution in [0.15, 0.2) is 15.8 Å². The SMILES string of the molecule is CN(CCC#N)C(=O)Cn1c(=O)c(C#N)cn(C2CC2)c1=O. The Kier molecular flexibility index (Phi) is 4.42. The fourth-order valence-electron chi connectivity index (χ4n) is 2.05. The van der Waals surface area contributed by atoms with Crippen LogP contribution in [0.4, 0.5) is 0 Å². The normalized spacial score (nSPS) is 13.2. The van der Waals surface area contributed by atoms with Gasteiger partial charge in [0.1, 0.15) is 18.2 Å². The Hall–Kier alpha value is -2.87. The average molecular weight is 301 g/mol. The molecule has 8 nitrogen and oxygen atoms in total. The third-order valence-electron chi connectivity index (χ3n) is 3.53. The van der Waals surface area contributed by atoms with Crippen molar-refractivity contribution in [1.82, 2.24) is 14.0 Å². The van der Waals surface area contributed by atoms with Gasteiger partial charge in [-0.3, -0.25) is 14.2 Å². The third-order valence-corrected chi connectivity index (χ3v) is 3.53. The molecule has 0 saturated heterocycles. The van der Waals surface area contributed by atoms with Crippen LogP contribution in [0.1, 0.15) is 30.9 Å². The molecule has 1 saturated carbocycles. The van der Waals surface area contributed by atoms with Crippen LogP contribution in [-0.4, -0.2) is 33.5 Å². The van der Waals surface area contributed by atoms with Crippen molar-refractivity contribution in [1.29, 1.82) is 10.5 Å². The zero-order valence-electron chi connectivity index (χ0n) is 12.2. The second-order valence-electron chi connectivity index (χ2n) is 5.19. The Morgan fingerprint density at radius 3 is 2.64 bits per heavy atom. The summed E-state index contributed by atoms with van der Waals surface area (Å²) in [5, 5.41) is 17.5. The van der Waals surface area contributed by atoms with Crippen LogP contribution in [0.25, 0.3) is 0 Å². The molecule has 0 radical (unpaired) electrons. The van der Waals surface area contributed by atoms with E-state index in [0.717, 1.165) is 17.4 Å². The first-order valence-electron chi connectivity index (χ1n) is 6.86. The summed E-state index contributed by atoms with van der Waals surface area (Å²) >= 11 is 0. The molecule has 0 unspecified atom stereocenters. The molecule has 8 heteroatoms. The van der Waals surface area contributed by atoms with Gasteiger partial charge in [0.05, 0.1) is 12.5 Å². The summed E-state index contributed by atoms with van der Waals surface area (Å²) in [7, 11) is 1.50. The van der Waals surface area contributed by atoms with Crippen molar-refractivity contribution in [2.45, 2.75) is 31.8 Å². The Morgan fingerprint density at radius 1 is 1.41 bits per heavy atom. The smallest absolute Gasteiger partial charge is 0.331 e. The lowest BCUT2D eigenvalue weighted by Gasteiger charge is -2.16. The second-order valence-corrected chi connectivity index (χ2v) is 5.19. The monoisotopic (exact) mass is 301 g/mol. The molecule has 1 aromatic heterocycles. The maximum Gasteiger partial charge on any atom is 0.331 e. The van der Waals surface area contributed by atoms with Gasteiger partial charge in [0.15, 0.2) is 0 Å². The van der Waals surface area contributed by atoms with E-state index >= 15 is 0 Å². The maximum atomic E-state index is 12.3. The molecule has 0 aromatic carbocycles. The van der Waals surface area contributed by atoms with Crippen LogP contribution < -0.4 is 11.2 Å². The van der Waals surface area contributed by atoms with Gasteiger partial charge < -0.3 is 4.90 Å². The van der Waals surface area contributed by atoms with Gasteiger partial charge in [0.25, 0.3) is 5.56 Å². The van der Waals surface area contributed by atoms with E-state index < -0.39 is 23.7 Å². The minimum Gasteiger partial charge on any atom is -0.343 e. The van der Waals surface area contributed by atoms with E-state index in [1.807, 2.05) is 6.07 Å². The van der Waals surface area contributed by atoms with E-state index in [0.29, 0.717) is 0 Å². The Bertz CT molecular complexity index is 789. The van der Waals surface area contributed by atoms with Crippen molar-refractivity contribution in [2.24, 2.45) is 0 Å². The number of likely N-dealkylation sites (N-methyl/N-ethyl adjacent to an activating group) is 1. The molecule has 1 fully saturated rings. The van der Waals surface area contributed by atoms with Crippen molar-refractivity contribution >= 4 is 5.91 Å². The molecule has 1 aliphatic rings. The van der Waals surface area contributed by atoms with Crippen molar-refractivity contribution in [3.05, 3.63) is 32.6 Å². The first-order chi connectivity index (χ1) is 10.5. The van der Waals surface area contributed by atoms with Crippen molar-refractivity contribution < 1.29 is 4.79 Å². The molecular weight excluding hydrogens is 286 g/mol. The number of carbonyl (C=O) groups is 1. The Labute approximate surface area is 126 Å². The van der Waals surface area contributed by atoms with Crippen molar-refractivity contribution in [3.63, 3.8) is 0 Å². The van der Waals surface area contributed by atoms with Crippen LogP contribution in [0.2, 0.25) is 0 Å². The van der Waals surface area contributed by atoms with E-state index in [9.17, 15) is 14.4 Å².